The van der Waals surface area contributed by atoms with Crippen LogP contribution in [0, 0.1) is 18.3 Å². The van der Waals surface area contributed by atoms with Crippen LogP contribution in [-0.4, -0.2) is 4.98 Å². The number of H-pyrrole nitrogens is 1. The zero-order valence-corrected chi connectivity index (χ0v) is 12.7. The highest BCUT2D eigenvalue weighted by molar-refractivity contribution is 7.15. The predicted octanol–water partition coefficient (Wildman–Crippen LogP) is 3.53. The van der Waals surface area contributed by atoms with E-state index in [1.54, 1.807) is 23.5 Å². The molecule has 0 amide bonds. The van der Waals surface area contributed by atoms with Crippen molar-refractivity contribution in [1.82, 2.24) is 4.98 Å². The number of nitriles is 1. The molecule has 0 atom stereocenters. The van der Waals surface area contributed by atoms with E-state index in [4.69, 9.17) is 5.73 Å². The number of hydrogen-bond donors (Lipinski definition) is 2. The van der Waals surface area contributed by atoms with Gasteiger partial charge < -0.3 is 10.7 Å². The molecule has 22 heavy (non-hydrogen) atoms. The molecule has 2 aromatic heterocycles. The molecule has 3 rings (SSSR count). The smallest absolute Gasteiger partial charge is 0.267 e. The van der Waals surface area contributed by atoms with Crippen molar-refractivity contribution in [2.24, 2.45) is 0 Å². The molecule has 0 radical (unpaired) electrons. The summed E-state index contributed by atoms with van der Waals surface area (Å²) in [5, 5.41) is 9.28. The third-order valence-electron chi connectivity index (χ3n) is 3.37. The van der Waals surface area contributed by atoms with Crippen molar-refractivity contribution in [3.63, 3.8) is 0 Å². The minimum Gasteiger partial charge on any atom is -0.399 e. The molecule has 3 aromatic rings. The molecule has 0 bridgehead atoms. The summed E-state index contributed by atoms with van der Waals surface area (Å²) >= 11 is 1.56. The van der Waals surface area contributed by atoms with E-state index in [9.17, 15) is 10.1 Å². The molecular formula is C17H13N3OS. The van der Waals surface area contributed by atoms with Crippen molar-refractivity contribution >= 4 is 17.0 Å². The number of hydrogen-bond acceptors (Lipinski definition) is 4. The number of aryl methyl sites for hydroxylation is 1. The Morgan fingerprint density at radius 1 is 1.18 bits per heavy atom. The Balaban J connectivity index is 2.23. The number of nitrogens with zero attached hydrogens (tertiary/aromatic N) is 1. The maximum atomic E-state index is 12.2. The molecule has 1 aromatic carbocycles. The van der Waals surface area contributed by atoms with Gasteiger partial charge in [0.1, 0.15) is 11.6 Å². The van der Waals surface area contributed by atoms with Gasteiger partial charge in [-0.15, -0.1) is 11.3 Å². The van der Waals surface area contributed by atoms with Gasteiger partial charge in [-0.25, -0.2) is 0 Å². The number of benzene rings is 1. The van der Waals surface area contributed by atoms with E-state index in [1.165, 1.54) is 0 Å². The summed E-state index contributed by atoms with van der Waals surface area (Å²) in [4.78, 5) is 17.0. The molecule has 0 aliphatic carbocycles. The van der Waals surface area contributed by atoms with E-state index in [-0.39, 0.29) is 11.1 Å². The molecule has 0 saturated carbocycles. The van der Waals surface area contributed by atoms with Crippen molar-refractivity contribution in [2.45, 2.75) is 6.92 Å². The van der Waals surface area contributed by atoms with Crippen LogP contribution in [0.15, 0.2) is 47.3 Å². The lowest BCUT2D eigenvalue weighted by atomic mass is 10.0. The lowest BCUT2D eigenvalue weighted by Crippen LogP contribution is -2.12. The van der Waals surface area contributed by atoms with Gasteiger partial charge in [-0.3, -0.25) is 4.79 Å². The van der Waals surface area contributed by atoms with Crippen molar-refractivity contribution < 1.29 is 0 Å². The van der Waals surface area contributed by atoms with Crippen LogP contribution in [0.5, 0.6) is 0 Å². The summed E-state index contributed by atoms with van der Waals surface area (Å²) in [5.41, 5.74) is 8.30. The SMILES string of the molecule is Cc1ccc(-c2cc(-c3ccc(N)cc3)[nH]c(=O)c2C#N)s1. The Labute approximate surface area is 131 Å². The first-order valence-electron chi connectivity index (χ1n) is 6.68. The maximum absolute atomic E-state index is 12.2. The second kappa shape index (κ2) is 5.51. The first-order chi connectivity index (χ1) is 10.6. The summed E-state index contributed by atoms with van der Waals surface area (Å²) in [5.74, 6) is 0. The van der Waals surface area contributed by atoms with E-state index < -0.39 is 0 Å². The van der Waals surface area contributed by atoms with E-state index in [0.29, 0.717) is 16.9 Å². The maximum Gasteiger partial charge on any atom is 0.267 e. The Morgan fingerprint density at radius 3 is 2.50 bits per heavy atom. The van der Waals surface area contributed by atoms with Crippen molar-refractivity contribution in [3.05, 3.63) is 63.3 Å². The zero-order valence-electron chi connectivity index (χ0n) is 11.9. The third-order valence-corrected chi connectivity index (χ3v) is 4.41. The fourth-order valence-corrected chi connectivity index (χ4v) is 3.15. The minimum absolute atomic E-state index is 0.140. The Hall–Kier alpha value is -2.84. The van der Waals surface area contributed by atoms with Crippen LogP contribution in [0.25, 0.3) is 21.7 Å². The van der Waals surface area contributed by atoms with E-state index >= 15 is 0 Å². The number of rotatable bonds is 2. The second-order valence-electron chi connectivity index (χ2n) is 4.94. The van der Waals surface area contributed by atoms with E-state index in [2.05, 4.69) is 4.98 Å². The monoisotopic (exact) mass is 307 g/mol. The van der Waals surface area contributed by atoms with Crippen LogP contribution in [0.3, 0.4) is 0 Å². The molecule has 0 fully saturated rings. The van der Waals surface area contributed by atoms with Crippen LogP contribution in [0.4, 0.5) is 5.69 Å². The Kier molecular flexibility index (Phi) is 3.53. The molecule has 2 heterocycles. The second-order valence-corrected chi connectivity index (χ2v) is 6.23. The molecule has 5 heteroatoms. The van der Waals surface area contributed by atoms with E-state index in [1.807, 2.05) is 43.3 Å². The highest BCUT2D eigenvalue weighted by atomic mass is 32.1. The first kappa shape index (κ1) is 14.1. The summed E-state index contributed by atoms with van der Waals surface area (Å²) < 4.78 is 0. The van der Waals surface area contributed by atoms with Gasteiger partial charge in [-0.05, 0) is 42.8 Å². The van der Waals surface area contributed by atoms with Crippen LogP contribution in [0.2, 0.25) is 0 Å². The van der Waals surface area contributed by atoms with Crippen molar-refractivity contribution in [2.75, 3.05) is 5.73 Å². The lowest BCUT2D eigenvalue weighted by Gasteiger charge is -2.06. The molecule has 108 valence electrons. The molecule has 0 unspecified atom stereocenters. The van der Waals surface area contributed by atoms with Gasteiger partial charge in [0, 0.05) is 26.7 Å². The number of anilines is 1. The highest BCUT2D eigenvalue weighted by Crippen LogP contribution is 2.31. The summed E-state index contributed by atoms with van der Waals surface area (Å²) in [6.45, 7) is 1.99. The van der Waals surface area contributed by atoms with E-state index in [0.717, 1.165) is 15.3 Å². The quantitative estimate of drug-likeness (QED) is 0.710. The molecular weight excluding hydrogens is 294 g/mol. The standard InChI is InChI=1S/C17H13N3OS/c1-10-2-7-16(22-10)13-8-15(20-17(21)14(13)9-18)11-3-5-12(19)6-4-11/h2-8H,19H2,1H3,(H,20,21). The van der Waals surface area contributed by atoms with Gasteiger partial charge in [-0.2, -0.15) is 5.26 Å². The number of nitrogens with one attached hydrogen (secondary N) is 1. The summed E-state index contributed by atoms with van der Waals surface area (Å²) in [6.07, 6.45) is 0. The van der Waals surface area contributed by atoms with Gasteiger partial charge in [-0.1, -0.05) is 12.1 Å². The Morgan fingerprint density at radius 2 is 1.91 bits per heavy atom. The van der Waals surface area contributed by atoms with Crippen LogP contribution < -0.4 is 11.3 Å². The zero-order chi connectivity index (χ0) is 15.7. The van der Waals surface area contributed by atoms with Gasteiger partial charge in [0.15, 0.2) is 0 Å². The molecule has 3 N–H and O–H groups in total. The fourth-order valence-electron chi connectivity index (χ4n) is 2.26. The average molecular weight is 307 g/mol. The van der Waals surface area contributed by atoms with Crippen LogP contribution >= 0.6 is 11.3 Å². The minimum atomic E-state index is -0.377. The van der Waals surface area contributed by atoms with Gasteiger partial charge in [0.2, 0.25) is 0 Å². The Bertz CT molecular complexity index is 930. The fraction of sp³-hybridized carbons (Fsp3) is 0.0588. The number of nitrogen functional groups attached to an aromatic ring is 1. The number of aromatic nitrogens is 1. The highest BCUT2D eigenvalue weighted by Gasteiger charge is 2.13. The summed E-state index contributed by atoms with van der Waals surface area (Å²) in [7, 11) is 0. The molecule has 0 spiro atoms. The largest absolute Gasteiger partial charge is 0.399 e. The van der Waals surface area contributed by atoms with Gasteiger partial charge >= 0.3 is 0 Å². The number of aromatic amines is 1. The molecule has 4 nitrogen and oxygen atoms in total. The molecule has 0 aliphatic heterocycles. The van der Waals surface area contributed by atoms with Crippen molar-refractivity contribution in [1.29, 1.82) is 5.26 Å². The molecule has 0 aliphatic rings. The first-order valence-corrected chi connectivity index (χ1v) is 7.50. The van der Waals surface area contributed by atoms with Crippen LogP contribution in [0.1, 0.15) is 10.4 Å². The van der Waals surface area contributed by atoms with Crippen LogP contribution in [-0.2, 0) is 0 Å². The average Bonchev–Trinajstić information content (AvgIpc) is 2.93. The predicted molar refractivity (Wildman–Crippen MR) is 89.7 cm³/mol. The van der Waals surface area contributed by atoms with Crippen molar-refractivity contribution in [3.8, 4) is 27.8 Å². The molecule has 0 saturated heterocycles. The third kappa shape index (κ3) is 2.52. The normalized spacial score (nSPS) is 10.4. The number of thiophene rings is 1. The summed E-state index contributed by atoms with van der Waals surface area (Å²) in [6, 6.07) is 15.0. The van der Waals surface area contributed by atoms with Gasteiger partial charge in [0.05, 0.1) is 0 Å². The van der Waals surface area contributed by atoms with Gasteiger partial charge in [0.25, 0.3) is 5.56 Å². The topological polar surface area (TPSA) is 82.7 Å². The number of pyridine rings is 1. The number of nitrogens with two attached hydrogens (primary N) is 1. The lowest BCUT2D eigenvalue weighted by molar-refractivity contribution is 1.22.